The number of carboxylic acids is 1. The van der Waals surface area contributed by atoms with Crippen LogP contribution in [0.25, 0.3) is 0 Å². The molecule has 5 nitrogen and oxygen atoms in total. The number of carbonyl (C=O) groups is 2. The van der Waals surface area contributed by atoms with Gasteiger partial charge in [-0.3, -0.25) is 4.79 Å². The zero-order valence-electron chi connectivity index (χ0n) is 13.1. The Bertz CT molecular complexity index is 658. The molecule has 2 fully saturated rings. The van der Waals surface area contributed by atoms with Crippen molar-refractivity contribution in [1.29, 1.82) is 0 Å². The molecule has 124 valence electrons. The maximum atomic E-state index is 12.6. The molecule has 0 bridgehead atoms. The Morgan fingerprint density at radius 3 is 2.70 bits per heavy atom. The van der Waals surface area contributed by atoms with Gasteiger partial charge in [-0.2, -0.15) is 0 Å². The molecule has 3 atom stereocenters. The largest absolute Gasteiger partial charge is 0.478 e. The number of fused-ring (bicyclic) bond motifs is 1. The van der Waals surface area contributed by atoms with Gasteiger partial charge in [0.1, 0.15) is 0 Å². The minimum Gasteiger partial charge on any atom is -0.478 e. The summed E-state index contributed by atoms with van der Waals surface area (Å²) in [5.41, 5.74) is 0.339. The maximum Gasteiger partial charge on any atom is 0.335 e. The van der Waals surface area contributed by atoms with Gasteiger partial charge in [0.2, 0.25) is 0 Å². The Kier molecular flexibility index (Phi) is 4.23. The second-order valence-corrected chi connectivity index (χ2v) is 7.82. The number of rotatable bonds is 3. The van der Waals surface area contributed by atoms with E-state index in [1.807, 2.05) is 0 Å². The van der Waals surface area contributed by atoms with Gasteiger partial charge in [0.05, 0.1) is 11.7 Å². The van der Waals surface area contributed by atoms with Gasteiger partial charge in [-0.25, -0.2) is 4.79 Å². The Morgan fingerprint density at radius 2 is 2.00 bits per heavy atom. The molecule has 1 aliphatic heterocycles. The van der Waals surface area contributed by atoms with Crippen LogP contribution in [0, 0.1) is 11.3 Å². The molecule has 23 heavy (non-hydrogen) atoms. The first-order valence-corrected chi connectivity index (χ1v) is 8.56. The average Bonchev–Trinajstić information content (AvgIpc) is 2.51. The van der Waals surface area contributed by atoms with Crippen molar-refractivity contribution < 1.29 is 19.4 Å². The number of hydrogen-bond acceptors (Lipinski definition) is 3. The van der Waals surface area contributed by atoms with Gasteiger partial charge in [0.15, 0.2) is 0 Å². The van der Waals surface area contributed by atoms with Gasteiger partial charge in [-0.15, -0.1) is 0 Å². The number of halogens is 1. The average molecular weight is 382 g/mol. The molecule has 0 aromatic heterocycles. The van der Waals surface area contributed by atoms with Gasteiger partial charge in [-0.05, 0) is 31.0 Å². The normalized spacial score (nSPS) is 28.4. The standard InChI is InChI=1S/C17H20BrNO4/c1-17(2)13(12-4-3-5-23-14(12)17)19-15(20)9-6-10(16(21)22)8-11(18)7-9/h6-8,12-14H,3-5H2,1-2H3,(H,19,20)(H,21,22). The summed E-state index contributed by atoms with van der Waals surface area (Å²) in [7, 11) is 0. The topological polar surface area (TPSA) is 75.6 Å². The van der Waals surface area contributed by atoms with E-state index in [1.54, 1.807) is 6.07 Å². The van der Waals surface area contributed by atoms with Gasteiger partial charge in [-0.1, -0.05) is 29.8 Å². The lowest BCUT2D eigenvalue weighted by atomic mass is 9.55. The number of aromatic carboxylic acids is 1. The number of benzene rings is 1. The van der Waals surface area contributed by atoms with E-state index in [9.17, 15) is 9.59 Å². The minimum absolute atomic E-state index is 0.0487. The quantitative estimate of drug-likeness (QED) is 0.843. The van der Waals surface area contributed by atoms with Crippen molar-refractivity contribution in [2.75, 3.05) is 6.61 Å². The fourth-order valence-electron chi connectivity index (χ4n) is 3.88. The van der Waals surface area contributed by atoms with Gasteiger partial charge < -0.3 is 15.2 Å². The fraction of sp³-hybridized carbons (Fsp3) is 0.529. The number of ether oxygens (including phenoxy) is 1. The highest BCUT2D eigenvalue weighted by Crippen LogP contribution is 2.51. The third-order valence-electron chi connectivity index (χ3n) is 5.02. The molecule has 3 rings (SSSR count). The maximum absolute atomic E-state index is 12.6. The van der Waals surface area contributed by atoms with Crippen molar-refractivity contribution in [3.63, 3.8) is 0 Å². The van der Waals surface area contributed by atoms with Gasteiger partial charge >= 0.3 is 5.97 Å². The van der Waals surface area contributed by atoms with Gasteiger partial charge in [0.25, 0.3) is 5.91 Å². The van der Waals surface area contributed by atoms with Gasteiger partial charge in [0, 0.05) is 34.0 Å². The van der Waals surface area contributed by atoms with E-state index in [0.29, 0.717) is 16.0 Å². The molecule has 3 unspecified atom stereocenters. The van der Waals surface area contributed by atoms with Crippen molar-refractivity contribution in [3.05, 3.63) is 33.8 Å². The number of carboxylic acid groups (broad SMARTS) is 1. The predicted octanol–water partition coefficient (Wildman–Crippen LogP) is 3.08. The highest BCUT2D eigenvalue weighted by molar-refractivity contribution is 9.10. The second kappa shape index (κ2) is 5.91. The molecular formula is C17H20BrNO4. The summed E-state index contributed by atoms with van der Waals surface area (Å²) < 4.78 is 6.42. The Labute approximate surface area is 143 Å². The number of hydrogen-bond donors (Lipinski definition) is 2. The van der Waals surface area contributed by atoms with E-state index in [-0.39, 0.29) is 29.0 Å². The zero-order valence-corrected chi connectivity index (χ0v) is 14.7. The molecule has 1 aromatic carbocycles. The first-order valence-electron chi connectivity index (χ1n) is 7.77. The van der Waals surface area contributed by atoms with Crippen molar-refractivity contribution in [2.24, 2.45) is 11.3 Å². The van der Waals surface area contributed by atoms with Crippen LogP contribution in [0.1, 0.15) is 47.4 Å². The van der Waals surface area contributed by atoms with Crippen LogP contribution in [0.4, 0.5) is 0 Å². The molecular weight excluding hydrogens is 362 g/mol. The molecule has 1 amide bonds. The monoisotopic (exact) mass is 381 g/mol. The van der Waals surface area contributed by atoms with Crippen LogP contribution >= 0.6 is 15.9 Å². The van der Waals surface area contributed by atoms with E-state index < -0.39 is 5.97 Å². The summed E-state index contributed by atoms with van der Waals surface area (Å²) in [6.45, 7) is 5.00. The first-order chi connectivity index (χ1) is 10.8. The van der Waals surface area contributed by atoms with E-state index >= 15 is 0 Å². The molecule has 1 saturated heterocycles. The molecule has 1 heterocycles. The van der Waals surface area contributed by atoms with E-state index in [2.05, 4.69) is 35.1 Å². The molecule has 2 N–H and O–H groups in total. The lowest BCUT2D eigenvalue weighted by molar-refractivity contribution is -0.189. The smallest absolute Gasteiger partial charge is 0.335 e. The van der Waals surface area contributed by atoms with E-state index in [0.717, 1.165) is 19.4 Å². The first kappa shape index (κ1) is 16.5. The van der Waals surface area contributed by atoms with Crippen molar-refractivity contribution >= 4 is 27.8 Å². The minimum atomic E-state index is -1.05. The number of amides is 1. The van der Waals surface area contributed by atoms with Crippen LogP contribution in [0.5, 0.6) is 0 Å². The van der Waals surface area contributed by atoms with Crippen LogP contribution < -0.4 is 5.32 Å². The molecule has 6 heteroatoms. The summed E-state index contributed by atoms with van der Waals surface area (Å²) in [6, 6.07) is 4.58. The predicted molar refractivity (Wildman–Crippen MR) is 88.6 cm³/mol. The Hall–Kier alpha value is -1.40. The molecule has 2 aliphatic rings. The molecule has 1 saturated carbocycles. The third-order valence-corrected chi connectivity index (χ3v) is 5.48. The van der Waals surface area contributed by atoms with E-state index in [4.69, 9.17) is 9.84 Å². The highest BCUT2D eigenvalue weighted by Gasteiger charge is 2.58. The summed E-state index contributed by atoms with van der Waals surface area (Å²) in [5, 5.41) is 12.2. The summed E-state index contributed by atoms with van der Waals surface area (Å²) >= 11 is 3.26. The molecule has 1 aromatic rings. The summed E-state index contributed by atoms with van der Waals surface area (Å²) in [5.74, 6) is -0.949. The SMILES string of the molecule is CC1(C)C(NC(=O)c2cc(Br)cc(C(=O)O)c2)C2CCCOC21. The lowest BCUT2D eigenvalue weighted by Gasteiger charge is -2.59. The Morgan fingerprint density at radius 1 is 1.30 bits per heavy atom. The van der Waals surface area contributed by atoms with Crippen molar-refractivity contribution in [3.8, 4) is 0 Å². The highest BCUT2D eigenvalue weighted by atomic mass is 79.9. The number of carbonyl (C=O) groups excluding carboxylic acids is 1. The number of nitrogens with one attached hydrogen (secondary N) is 1. The van der Waals surface area contributed by atoms with Crippen LogP contribution in [-0.4, -0.2) is 35.7 Å². The third kappa shape index (κ3) is 2.90. The fourth-order valence-corrected chi connectivity index (χ4v) is 4.38. The second-order valence-electron chi connectivity index (χ2n) is 6.90. The van der Waals surface area contributed by atoms with Crippen LogP contribution in [0.15, 0.2) is 22.7 Å². The zero-order chi connectivity index (χ0) is 16.8. The van der Waals surface area contributed by atoms with Crippen molar-refractivity contribution in [1.82, 2.24) is 5.32 Å². The van der Waals surface area contributed by atoms with Crippen LogP contribution in [0.3, 0.4) is 0 Å². The van der Waals surface area contributed by atoms with E-state index in [1.165, 1.54) is 12.1 Å². The Balaban J connectivity index is 1.78. The van der Waals surface area contributed by atoms with Crippen molar-refractivity contribution in [2.45, 2.75) is 38.8 Å². The molecule has 0 spiro atoms. The molecule has 1 aliphatic carbocycles. The summed E-state index contributed by atoms with van der Waals surface area (Å²) in [4.78, 5) is 23.7. The van der Waals surface area contributed by atoms with Crippen LogP contribution in [-0.2, 0) is 4.74 Å². The summed E-state index contributed by atoms with van der Waals surface area (Å²) in [6.07, 6.45) is 2.26. The lowest BCUT2D eigenvalue weighted by Crippen LogP contribution is -2.70. The van der Waals surface area contributed by atoms with Crippen LogP contribution in [0.2, 0.25) is 0 Å². The molecule has 0 radical (unpaired) electrons.